The highest BCUT2D eigenvalue weighted by Crippen LogP contribution is 2.21. The third kappa shape index (κ3) is 7.35. The lowest BCUT2D eigenvalue weighted by Crippen LogP contribution is -2.36. The van der Waals surface area contributed by atoms with Gasteiger partial charge >= 0.3 is 0 Å². The van der Waals surface area contributed by atoms with Crippen molar-refractivity contribution in [2.45, 2.75) is 31.8 Å². The number of aryl methyl sites for hydroxylation is 1. The number of nitrogens with zero attached hydrogens (tertiary/aromatic N) is 1. The van der Waals surface area contributed by atoms with E-state index in [0.29, 0.717) is 25.2 Å². The summed E-state index contributed by atoms with van der Waals surface area (Å²) < 4.78 is 0. The van der Waals surface area contributed by atoms with Crippen LogP contribution in [-0.4, -0.2) is 31.7 Å². The summed E-state index contributed by atoms with van der Waals surface area (Å²) in [6, 6.07) is 14.1. The Bertz CT molecular complexity index is 793. The second-order valence-electron chi connectivity index (χ2n) is 6.15. The van der Waals surface area contributed by atoms with Crippen molar-refractivity contribution < 1.29 is 4.79 Å². The topological polar surface area (TPSA) is 65.5 Å². The predicted molar refractivity (Wildman–Crippen MR) is 130 cm³/mol. The minimum Gasteiger partial charge on any atom is -0.352 e. The summed E-state index contributed by atoms with van der Waals surface area (Å²) in [6.07, 6.45) is 2.09. The molecule has 0 aliphatic rings. The van der Waals surface area contributed by atoms with Gasteiger partial charge in [0.25, 0.3) is 5.91 Å². The average Bonchev–Trinajstić information content (AvgIpc) is 2.69. The van der Waals surface area contributed by atoms with E-state index in [1.165, 1.54) is 16.0 Å². The highest BCUT2D eigenvalue weighted by Gasteiger charge is 2.06. The predicted octanol–water partition coefficient (Wildman–Crippen LogP) is 3.95. The molecule has 0 heterocycles. The third-order valence-electron chi connectivity index (χ3n) is 4.13. The fraction of sp³-hybridized carbons (Fsp3) is 0.333. The van der Waals surface area contributed by atoms with Crippen LogP contribution in [0.2, 0.25) is 0 Å². The highest BCUT2D eigenvalue weighted by atomic mass is 127. The molecule has 2 aromatic carbocycles. The molecule has 5 nitrogen and oxygen atoms in total. The number of thioether (sulfide) groups is 1. The van der Waals surface area contributed by atoms with Gasteiger partial charge in [0.15, 0.2) is 5.96 Å². The molecule has 0 aromatic heterocycles. The van der Waals surface area contributed by atoms with Gasteiger partial charge in [-0.25, -0.2) is 0 Å². The molecule has 0 unspecified atom stereocenters. The van der Waals surface area contributed by atoms with Gasteiger partial charge in [-0.3, -0.25) is 9.79 Å². The van der Waals surface area contributed by atoms with Gasteiger partial charge in [0.05, 0.1) is 0 Å². The van der Waals surface area contributed by atoms with Crippen LogP contribution in [0, 0.1) is 6.92 Å². The van der Waals surface area contributed by atoms with E-state index in [1.54, 1.807) is 18.8 Å². The number of benzene rings is 2. The Morgan fingerprint density at radius 1 is 1.04 bits per heavy atom. The number of aliphatic imine (C=N–C) groups is 1. The summed E-state index contributed by atoms with van der Waals surface area (Å²) in [6.45, 7) is 6.00. The Morgan fingerprint density at radius 2 is 1.71 bits per heavy atom. The summed E-state index contributed by atoms with van der Waals surface area (Å²) in [7, 11) is 1.76. The summed E-state index contributed by atoms with van der Waals surface area (Å²) in [5.41, 5.74) is 4.28. The maximum atomic E-state index is 11.8. The Morgan fingerprint density at radius 3 is 2.32 bits per heavy atom. The van der Waals surface area contributed by atoms with Gasteiger partial charge in [-0.05, 0) is 55.0 Å². The van der Waals surface area contributed by atoms with Gasteiger partial charge in [-0.1, -0.05) is 24.3 Å². The van der Waals surface area contributed by atoms with Crippen LogP contribution in [0.5, 0.6) is 0 Å². The first kappa shape index (κ1) is 24.3. The minimum atomic E-state index is -0.0443. The molecule has 3 N–H and O–H groups in total. The first-order chi connectivity index (χ1) is 13.1. The van der Waals surface area contributed by atoms with E-state index in [2.05, 4.69) is 52.3 Å². The molecule has 0 aliphatic heterocycles. The normalized spacial score (nSPS) is 10.8. The standard InChI is InChI=1S/C21H28N4OS.HI/c1-5-23-20(26)17-10-7-16(8-11-17)13-24-21(22-3)25-14-18-9-6-15(2)12-19(18)27-4;/h6-12H,5,13-14H2,1-4H3,(H,23,26)(H2,22,24,25);1H. The van der Waals surface area contributed by atoms with Crippen molar-refractivity contribution >= 4 is 47.6 Å². The quantitative estimate of drug-likeness (QED) is 0.228. The molecule has 0 atom stereocenters. The zero-order valence-corrected chi connectivity index (χ0v) is 20.0. The Labute approximate surface area is 189 Å². The van der Waals surface area contributed by atoms with Crippen molar-refractivity contribution in [3.05, 3.63) is 64.7 Å². The number of halogens is 1. The maximum absolute atomic E-state index is 11.8. The number of nitrogens with one attached hydrogen (secondary N) is 3. The molecule has 1 amide bonds. The molecular weight excluding hydrogens is 483 g/mol. The van der Waals surface area contributed by atoms with E-state index < -0.39 is 0 Å². The lowest BCUT2D eigenvalue weighted by molar-refractivity contribution is 0.0956. The molecule has 0 aliphatic carbocycles. The summed E-state index contributed by atoms with van der Waals surface area (Å²) in [5, 5.41) is 9.47. The fourth-order valence-corrected chi connectivity index (χ4v) is 3.33. The van der Waals surface area contributed by atoms with Gasteiger partial charge in [0, 0.05) is 37.1 Å². The average molecular weight is 512 g/mol. The maximum Gasteiger partial charge on any atom is 0.251 e. The zero-order chi connectivity index (χ0) is 19.6. The molecule has 152 valence electrons. The van der Waals surface area contributed by atoms with E-state index in [0.717, 1.165) is 11.5 Å². The largest absolute Gasteiger partial charge is 0.352 e. The number of hydrogen-bond acceptors (Lipinski definition) is 3. The van der Waals surface area contributed by atoms with Crippen LogP contribution in [0.25, 0.3) is 0 Å². The molecule has 0 saturated heterocycles. The first-order valence-corrected chi connectivity index (χ1v) is 10.2. The molecule has 0 bridgehead atoms. The SMILES string of the molecule is CCNC(=O)c1ccc(CNC(=NC)NCc2ccc(C)cc2SC)cc1.I. The molecule has 2 aromatic rings. The lowest BCUT2D eigenvalue weighted by atomic mass is 10.1. The van der Waals surface area contributed by atoms with Crippen LogP contribution >= 0.6 is 35.7 Å². The lowest BCUT2D eigenvalue weighted by Gasteiger charge is -2.14. The van der Waals surface area contributed by atoms with Gasteiger partial charge in [0.1, 0.15) is 0 Å². The number of carbonyl (C=O) groups excluding carboxylic acids is 1. The second kappa shape index (κ2) is 12.7. The number of hydrogen-bond donors (Lipinski definition) is 3. The molecular formula is C21H29IN4OS. The minimum absolute atomic E-state index is 0. The van der Waals surface area contributed by atoms with Crippen molar-refractivity contribution in [2.75, 3.05) is 19.8 Å². The van der Waals surface area contributed by atoms with Crippen molar-refractivity contribution in [3.8, 4) is 0 Å². The van der Waals surface area contributed by atoms with Crippen molar-refractivity contribution in [3.63, 3.8) is 0 Å². The Balaban J connectivity index is 0.00000392. The van der Waals surface area contributed by atoms with E-state index in [4.69, 9.17) is 0 Å². The van der Waals surface area contributed by atoms with Crippen LogP contribution in [0.1, 0.15) is 34.0 Å². The summed E-state index contributed by atoms with van der Waals surface area (Å²) >= 11 is 1.75. The third-order valence-corrected chi connectivity index (χ3v) is 4.95. The highest BCUT2D eigenvalue weighted by molar-refractivity contribution is 14.0. The van der Waals surface area contributed by atoms with E-state index >= 15 is 0 Å². The van der Waals surface area contributed by atoms with Gasteiger partial charge < -0.3 is 16.0 Å². The molecule has 2 rings (SSSR count). The fourth-order valence-electron chi connectivity index (χ4n) is 2.62. The Kier molecular flexibility index (Phi) is 11.0. The van der Waals surface area contributed by atoms with Crippen molar-refractivity contribution in [1.82, 2.24) is 16.0 Å². The Hall–Kier alpha value is -1.74. The smallest absolute Gasteiger partial charge is 0.251 e. The number of amides is 1. The number of carbonyl (C=O) groups is 1. The number of guanidine groups is 1. The van der Waals surface area contributed by atoms with Gasteiger partial charge in [0.2, 0.25) is 0 Å². The van der Waals surface area contributed by atoms with Crippen LogP contribution < -0.4 is 16.0 Å². The van der Waals surface area contributed by atoms with Crippen LogP contribution in [-0.2, 0) is 13.1 Å². The van der Waals surface area contributed by atoms with Crippen LogP contribution in [0.4, 0.5) is 0 Å². The van der Waals surface area contributed by atoms with Crippen molar-refractivity contribution in [2.24, 2.45) is 4.99 Å². The molecule has 7 heteroatoms. The van der Waals surface area contributed by atoms with E-state index in [1.807, 2.05) is 31.2 Å². The first-order valence-electron chi connectivity index (χ1n) is 9.02. The van der Waals surface area contributed by atoms with Gasteiger partial charge in [-0.2, -0.15) is 0 Å². The zero-order valence-electron chi connectivity index (χ0n) is 16.8. The molecule has 0 spiro atoms. The van der Waals surface area contributed by atoms with Crippen LogP contribution in [0.3, 0.4) is 0 Å². The monoisotopic (exact) mass is 512 g/mol. The molecule has 28 heavy (non-hydrogen) atoms. The van der Waals surface area contributed by atoms with E-state index in [-0.39, 0.29) is 29.9 Å². The van der Waals surface area contributed by atoms with E-state index in [9.17, 15) is 4.79 Å². The summed E-state index contributed by atoms with van der Waals surface area (Å²) in [5.74, 6) is 0.701. The molecule has 0 radical (unpaired) electrons. The van der Waals surface area contributed by atoms with Crippen LogP contribution in [0.15, 0.2) is 52.4 Å². The van der Waals surface area contributed by atoms with Crippen molar-refractivity contribution in [1.29, 1.82) is 0 Å². The molecule has 0 saturated carbocycles. The molecule has 0 fully saturated rings. The van der Waals surface area contributed by atoms with Gasteiger partial charge in [-0.15, -0.1) is 35.7 Å². The summed E-state index contributed by atoms with van der Waals surface area (Å²) in [4.78, 5) is 17.4. The second-order valence-corrected chi connectivity index (χ2v) is 7.00. The number of rotatable bonds is 7.